The molecule has 0 spiro atoms. The fourth-order valence-electron chi connectivity index (χ4n) is 1.84. The molecule has 2 aromatic carbocycles. The number of nitrogen functional groups attached to an aromatic ring is 1. The smallest absolute Gasteiger partial charge is 0.293 e. The number of nitrogens with one attached hydrogen (secondary N) is 1. The van der Waals surface area contributed by atoms with Gasteiger partial charge in [-0.3, -0.25) is 16.0 Å². The zero-order valence-corrected chi connectivity index (χ0v) is 11.1. The number of hydrogen-bond donors (Lipinski definition) is 2. The van der Waals surface area contributed by atoms with Crippen LogP contribution in [0.1, 0.15) is 11.1 Å². The molecule has 0 atom stereocenters. The lowest BCUT2D eigenvalue weighted by Gasteiger charge is -2.08. The Morgan fingerprint density at radius 2 is 2.00 bits per heavy atom. The topological polar surface area (TPSA) is 90.4 Å². The van der Waals surface area contributed by atoms with Crippen LogP contribution in [-0.2, 0) is 18.0 Å². The van der Waals surface area contributed by atoms with E-state index in [0.717, 1.165) is 0 Å². The largest absolute Gasteiger partial charge is 0.372 e. The first kappa shape index (κ1) is 14.9. The summed E-state index contributed by atoms with van der Waals surface area (Å²) in [7, 11) is 0. The molecule has 0 radical (unpaired) electrons. The Kier molecular flexibility index (Phi) is 4.81. The first-order valence-corrected chi connectivity index (χ1v) is 6.17. The van der Waals surface area contributed by atoms with Crippen LogP contribution < -0.4 is 11.3 Å². The highest BCUT2D eigenvalue weighted by atomic mass is 19.1. The van der Waals surface area contributed by atoms with E-state index in [-0.39, 0.29) is 30.4 Å². The van der Waals surface area contributed by atoms with Crippen molar-refractivity contribution < 1.29 is 14.1 Å². The van der Waals surface area contributed by atoms with Gasteiger partial charge in [-0.25, -0.2) is 4.39 Å². The molecule has 0 saturated carbocycles. The van der Waals surface area contributed by atoms with Gasteiger partial charge in [0.25, 0.3) is 5.69 Å². The number of hydrazine groups is 1. The monoisotopic (exact) mass is 291 g/mol. The standard InChI is InChI=1S/C14H14FN3O3/c15-12-4-2-1-3-11(12)9-21-8-10-5-6-14(18(19)20)13(7-10)17-16/h1-7,17H,8-9,16H2. The van der Waals surface area contributed by atoms with Gasteiger partial charge in [-0.1, -0.05) is 18.2 Å². The minimum absolute atomic E-state index is 0.115. The molecule has 0 bridgehead atoms. The highest BCUT2D eigenvalue weighted by Crippen LogP contribution is 2.24. The van der Waals surface area contributed by atoms with Crippen molar-refractivity contribution in [1.82, 2.24) is 0 Å². The van der Waals surface area contributed by atoms with Crippen molar-refractivity contribution in [1.29, 1.82) is 0 Å². The number of anilines is 1. The SMILES string of the molecule is NNc1cc(COCc2ccccc2F)ccc1[N+](=O)[O-]. The zero-order valence-electron chi connectivity index (χ0n) is 11.1. The molecule has 0 heterocycles. The van der Waals surface area contributed by atoms with E-state index >= 15 is 0 Å². The van der Waals surface area contributed by atoms with Crippen molar-refractivity contribution in [2.45, 2.75) is 13.2 Å². The molecule has 2 rings (SSSR count). The number of nitrogens with two attached hydrogens (primary N) is 1. The lowest BCUT2D eigenvalue weighted by Crippen LogP contribution is -2.09. The van der Waals surface area contributed by atoms with E-state index in [1.54, 1.807) is 24.3 Å². The molecule has 6 nitrogen and oxygen atoms in total. The summed E-state index contributed by atoms with van der Waals surface area (Å²) in [5.41, 5.74) is 3.52. The molecule has 0 aliphatic rings. The second-order valence-corrected chi connectivity index (χ2v) is 4.34. The quantitative estimate of drug-likeness (QED) is 0.485. The minimum atomic E-state index is -0.529. The highest BCUT2D eigenvalue weighted by Gasteiger charge is 2.13. The fourth-order valence-corrected chi connectivity index (χ4v) is 1.84. The van der Waals surface area contributed by atoms with Gasteiger partial charge in [0.2, 0.25) is 0 Å². The van der Waals surface area contributed by atoms with Crippen LogP contribution in [0.3, 0.4) is 0 Å². The maximum atomic E-state index is 13.4. The lowest BCUT2D eigenvalue weighted by atomic mass is 10.2. The van der Waals surface area contributed by atoms with Crippen LogP contribution in [0.25, 0.3) is 0 Å². The molecule has 110 valence electrons. The summed E-state index contributed by atoms with van der Waals surface area (Å²) < 4.78 is 18.8. The molecule has 2 aromatic rings. The van der Waals surface area contributed by atoms with Gasteiger partial charge in [-0.05, 0) is 23.8 Å². The van der Waals surface area contributed by atoms with Crippen molar-refractivity contribution >= 4 is 11.4 Å². The van der Waals surface area contributed by atoms with Crippen LogP contribution in [-0.4, -0.2) is 4.92 Å². The van der Waals surface area contributed by atoms with Gasteiger partial charge >= 0.3 is 0 Å². The number of rotatable bonds is 6. The summed E-state index contributed by atoms with van der Waals surface area (Å²) in [6.45, 7) is 0.316. The molecule has 7 heteroatoms. The van der Waals surface area contributed by atoms with Crippen molar-refractivity contribution in [2.24, 2.45) is 5.84 Å². The van der Waals surface area contributed by atoms with E-state index in [2.05, 4.69) is 5.43 Å². The van der Waals surface area contributed by atoms with Crippen LogP contribution >= 0.6 is 0 Å². The summed E-state index contributed by atoms with van der Waals surface area (Å²) in [6, 6.07) is 10.8. The summed E-state index contributed by atoms with van der Waals surface area (Å²) in [4.78, 5) is 10.2. The van der Waals surface area contributed by atoms with Crippen molar-refractivity contribution in [3.05, 3.63) is 69.5 Å². The molecule has 0 fully saturated rings. The molecule has 0 saturated heterocycles. The van der Waals surface area contributed by atoms with Crippen molar-refractivity contribution in [3.63, 3.8) is 0 Å². The van der Waals surface area contributed by atoms with E-state index in [1.807, 2.05) is 0 Å². The second kappa shape index (κ2) is 6.78. The maximum absolute atomic E-state index is 13.4. The average Bonchev–Trinajstić information content (AvgIpc) is 2.48. The number of nitro groups is 1. The van der Waals surface area contributed by atoms with Crippen molar-refractivity contribution in [3.8, 4) is 0 Å². The highest BCUT2D eigenvalue weighted by molar-refractivity contribution is 5.61. The van der Waals surface area contributed by atoms with Gasteiger partial charge in [0.15, 0.2) is 0 Å². The summed E-state index contributed by atoms with van der Waals surface area (Å²) in [5.74, 6) is 4.92. The average molecular weight is 291 g/mol. The molecule has 3 N–H and O–H groups in total. The first-order valence-electron chi connectivity index (χ1n) is 6.17. The molecule has 21 heavy (non-hydrogen) atoms. The third kappa shape index (κ3) is 3.74. The predicted molar refractivity (Wildman–Crippen MR) is 75.8 cm³/mol. The van der Waals surface area contributed by atoms with Crippen LogP contribution in [0, 0.1) is 15.9 Å². The Hall–Kier alpha value is -2.51. The summed E-state index contributed by atoms with van der Waals surface area (Å²) in [5, 5.41) is 10.8. The zero-order chi connectivity index (χ0) is 15.2. The maximum Gasteiger partial charge on any atom is 0.293 e. The minimum Gasteiger partial charge on any atom is -0.372 e. The number of nitro benzene ring substituents is 1. The number of ether oxygens (including phenoxy) is 1. The Bertz CT molecular complexity index is 649. The predicted octanol–water partition coefficient (Wildman–Crippen LogP) is 2.74. The van der Waals surface area contributed by atoms with Gasteiger partial charge in [0.1, 0.15) is 11.5 Å². The number of halogens is 1. The first-order chi connectivity index (χ1) is 10.1. The number of nitrogens with zero attached hydrogens (tertiary/aromatic N) is 1. The Balaban J connectivity index is 2.01. The van der Waals surface area contributed by atoms with E-state index in [0.29, 0.717) is 11.1 Å². The van der Waals surface area contributed by atoms with Gasteiger partial charge in [-0.2, -0.15) is 0 Å². The molecular formula is C14H14FN3O3. The van der Waals surface area contributed by atoms with E-state index in [4.69, 9.17) is 10.6 Å². The van der Waals surface area contributed by atoms with Gasteiger partial charge in [-0.15, -0.1) is 0 Å². The second-order valence-electron chi connectivity index (χ2n) is 4.34. The Labute approximate surface area is 120 Å². The molecular weight excluding hydrogens is 277 g/mol. The molecule has 0 aromatic heterocycles. The third-order valence-corrected chi connectivity index (χ3v) is 2.90. The van der Waals surface area contributed by atoms with Crippen LogP contribution in [0.5, 0.6) is 0 Å². The molecule has 0 aliphatic carbocycles. The summed E-state index contributed by atoms with van der Waals surface area (Å²) >= 11 is 0. The van der Waals surface area contributed by atoms with E-state index in [1.165, 1.54) is 18.2 Å². The third-order valence-electron chi connectivity index (χ3n) is 2.90. The van der Waals surface area contributed by atoms with Crippen LogP contribution in [0.15, 0.2) is 42.5 Å². The van der Waals surface area contributed by atoms with Gasteiger partial charge in [0, 0.05) is 11.6 Å². The van der Waals surface area contributed by atoms with E-state index in [9.17, 15) is 14.5 Å². The lowest BCUT2D eigenvalue weighted by molar-refractivity contribution is -0.384. The van der Waals surface area contributed by atoms with Gasteiger partial charge in [0.05, 0.1) is 18.1 Å². The molecule has 0 unspecified atom stereocenters. The van der Waals surface area contributed by atoms with Gasteiger partial charge < -0.3 is 10.2 Å². The summed E-state index contributed by atoms with van der Waals surface area (Å²) in [6.07, 6.45) is 0. The fraction of sp³-hybridized carbons (Fsp3) is 0.143. The van der Waals surface area contributed by atoms with Crippen LogP contribution in [0.2, 0.25) is 0 Å². The van der Waals surface area contributed by atoms with Crippen molar-refractivity contribution in [2.75, 3.05) is 5.43 Å². The molecule has 0 amide bonds. The normalized spacial score (nSPS) is 10.4. The van der Waals surface area contributed by atoms with E-state index < -0.39 is 4.92 Å². The number of benzene rings is 2. The van der Waals surface area contributed by atoms with Crippen LogP contribution in [0.4, 0.5) is 15.8 Å². The number of hydrogen-bond acceptors (Lipinski definition) is 5. The molecule has 0 aliphatic heterocycles. The Morgan fingerprint density at radius 3 is 2.67 bits per heavy atom. The Morgan fingerprint density at radius 1 is 1.24 bits per heavy atom.